The fraction of sp³-hybridized carbons (Fsp3) is 0.909. The second kappa shape index (κ2) is 6.53. The molecule has 1 fully saturated rings. The van der Waals surface area contributed by atoms with Gasteiger partial charge in [-0.1, -0.05) is 19.0 Å². The van der Waals surface area contributed by atoms with Crippen LogP contribution in [-0.2, 0) is 14.8 Å². The summed E-state index contributed by atoms with van der Waals surface area (Å²) in [6, 6.07) is 0. The van der Waals surface area contributed by atoms with Gasteiger partial charge >= 0.3 is 0 Å². The molecule has 1 saturated heterocycles. The van der Waals surface area contributed by atoms with E-state index in [1.54, 1.807) is 13.8 Å². The van der Waals surface area contributed by atoms with E-state index in [-0.39, 0.29) is 5.84 Å². The van der Waals surface area contributed by atoms with Crippen LogP contribution in [0.25, 0.3) is 0 Å². The quantitative estimate of drug-likeness (QED) is 0.284. The highest BCUT2D eigenvalue weighted by atomic mass is 32.2. The van der Waals surface area contributed by atoms with Gasteiger partial charge in [0.2, 0.25) is 10.0 Å². The van der Waals surface area contributed by atoms with Gasteiger partial charge in [-0.2, -0.15) is 0 Å². The molecule has 8 heteroatoms. The number of rotatable bonds is 6. The molecule has 0 amide bonds. The van der Waals surface area contributed by atoms with Crippen molar-refractivity contribution in [1.82, 2.24) is 4.72 Å². The van der Waals surface area contributed by atoms with Gasteiger partial charge in [0, 0.05) is 13.2 Å². The first-order valence-corrected chi connectivity index (χ1v) is 8.05. The molecule has 1 aliphatic heterocycles. The van der Waals surface area contributed by atoms with Crippen LogP contribution in [0, 0.1) is 0 Å². The topological polar surface area (TPSA) is 114 Å². The normalized spacial score (nSPS) is 19.6. The lowest BCUT2D eigenvalue weighted by molar-refractivity contribution is 0.0980. The van der Waals surface area contributed by atoms with Gasteiger partial charge in [-0.3, -0.25) is 0 Å². The Bertz CT molecular complexity index is 412. The lowest BCUT2D eigenvalue weighted by Gasteiger charge is -2.33. The first kappa shape index (κ1) is 16.2. The standard InChI is InChI=1S/C11H23N3O4S/c1-3-11(4-2,10(12)13-15)14-19(16,17)9-5-7-18-8-6-9/h9,14-15H,3-8H2,1-2H3,(H2,12,13). The second-order valence-corrected chi connectivity index (χ2v) is 6.69. The van der Waals surface area contributed by atoms with E-state index in [0.29, 0.717) is 38.9 Å². The summed E-state index contributed by atoms with van der Waals surface area (Å²) in [6.07, 6.45) is 1.77. The maximum absolute atomic E-state index is 12.4. The molecule has 19 heavy (non-hydrogen) atoms. The molecule has 0 unspecified atom stereocenters. The third-order valence-electron chi connectivity index (χ3n) is 3.75. The molecule has 0 atom stereocenters. The lowest BCUT2D eigenvalue weighted by Crippen LogP contribution is -2.58. The third kappa shape index (κ3) is 3.58. The number of sulfonamides is 1. The Kier molecular flexibility index (Phi) is 5.57. The maximum atomic E-state index is 12.4. The predicted molar refractivity (Wildman–Crippen MR) is 72.6 cm³/mol. The van der Waals surface area contributed by atoms with Crippen molar-refractivity contribution in [2.24, 2.45) is 10.9 Å². The van der Waals surface area contributed by atoms with E-state index in [9.17, 15) is 8.42 Å². The fourth-order valence-corrected chi connectivity index (χ4v) is 4.16. The Hall–Kier alpha value is -0.860. The zero-order valence-corrected chi connectivity index (χ0v) is 12.2. The third-order valence-corrected chi connectivity index (χ3v) is 5.77. The zero-order valence-electron chi connectivity index (χ0n) is 11.4. The molecule has 1 aliphatic rings. The van der Waals surface area contributed by atoms with E-state index >= 15 is 0 Å². The van der Waals surface area contributed by atoms with Crippen molar-refractivity contribution in [3.8, 4) is 0 Å². The molecule has 0 aromatic rings. The monoisotopic (exact) mass is 293 g/mol. The first-order chi connectivity index (χ1) is 8.91. The molecule has 4 N–H and O–H groups in total. The van der Waals surface area contributed by atoms with Crippen molar-refractivity contribution in [1.29, 1.82) is 0 Å². The summed E-state index contributed by atoms with van der Waals surface area (Å²) in [5.74, 6) is -0.104. The summed E-state index contributed by atoms with van der Waals surface area (Å²) in [6.45, 7) is 4.49. The van der Waals surface area contributed by atoms with Crippen molar-refractivity contribution >= 4 is 15.9 Å². The van der Waals surface area contributed by atoms with Crippen LogP contribution in [0.2, 0.25) is 0 Å². The summed E-state index contributed by atoms with van der Waals surface area (Å²) in [7, 11) is -3.52. The Balaban J connectivity index is 2.95. The Morgan fingerprint density at radius 3 is 2.37 bits per heavy atom. The smallest absolute Gasteiger partial charge is 0.215 e. The van der Waals surface area contributed by atoms with E-state index in [1.807, 2.05) is 0 Å². The van der Waals surface area contributed by atoms with Crippen LogP contribution in [0.1, 0.15) is 39.5 Å². The fourth-order valence-electron chi connectivity index (χ4n) is 2.25. The molecule has 0 aliphatic carbocycles. The van der Waals surface area contributed by atoms with Crippen LogP contribution in [0.4, 0.5) is 0 Å². The number of hydrogen-bond donors (Lipinski definition) is 3. The van der Waals surface area contributed by atoms with Gasteiger partial charge in [0.05, 0.1) is 10.8 Å². The van der Waals surface area contributed by atoms with Crippen LogP contribution in [0.15, 0.2) is 5.16 Å². The summed E-state index contributed by atoms with van der Waals surface area (Å²) < 4.78 is 32.6. The molecule has 7 nitrogen and oxygen atoms in total. The molecule has 1 rings (SSSR count). The average molecular weight is 293 g/mol. The Labute approximate surface area is 114 Å². The molecule has 0 bridgehead atoms. The zero-order chi connectivity index (χ0) is 14.5. The van der Waals surface area contributed by atoms with Gasteiger partial charge < -0.3 is 15.7 Å². The Morgan fingerprint density at radius 2 is 1.95 bits per heavy atom. The molecular weight excluding hydrogens is 270 g/mol. The minimum Gasteiger partial charge on any atom is -0.409 e. The van der Waals surface area contributed by atoms with Gasteiger partial charge in [0.1, 0.15) is 0 Å². The highest BCUT2D eigenvalue weighted by Gasteiger charge is 2.39. The van der Waals surface area contributed by atoms with Crippen LogP contribution in [-0.4, -0.2) is 43.5 Å². The summed E-state index contributed by atoms with van der Waals surface area (Å²) in [5, 5.41) is 11.3. The minimum absolute atomic E-state index is 0.104. The Morgan fingerprint density at radius 1 is 1.42 bits per heavy atom. The summed E-state index contributed by atoms with van der Waals surface area (Å²) in [5.41, 5.74) is 4.64. The molecule has 0 aromatic carbocycles. The van der Waals surface area contributed by atoms with Gasteiger partial charge in [-0.25, -0.2) is 13.1 Å². The molecule has 0 spiro atoms. The van der Waals surface area contributed by atoms with Crippen LogP contribution in [0.3, 0.4) is 0 Å². The molecule has 0 radical (unpaired) electrons. The number of nitrogens with zero attached hydrogens (tertiary/aromatic N) is 1. The maximum Gasteiger partial charge on any atom is 0.215 e. The van der Waals surface area contributed by atoms with Gasteiger partial charge in [0.15, 0.2) is 5.84 Å². The van der Waals surface area contributed by atoms with E-state index in [0.717, 1.165) is 0 Å². The summed E-state index contributed by atoms with van der Waals surface area (Å²) >= 11 is 0. The van der Waals surface area contributed by atoms with E-state index in [2.05, 4.69) is 9.88 Å². The van der Waals surface area contributed by atoms with Crippen molar-refractivity contribution in [3.05, 3.63) is 0 Å². The second-order valence-electron chi connectivity index (χ2n) is 4.73. The highest BCUT2D eigenvalue weighted by molar-refractivity contribution is 7.90. The molecular formula is C11H23N3O4S. The summed E-state index contributed by atoms with van der Waals surface area (Å²) in [4.78, 5) is 0. The van der Waals surface area contributed by atoms with Crippen LogP contribution in [0.5, 0.6) is 0 Å². The first-order valence-electron chi connectivity index (χ1n) is 6.50. The highest BCUT2D eigenvalue weighted by Crippen LogP contribution is 2.22. The van der Waals surface area contributed by atoms with Gasteiger partial charge in [-0.05, 0) is 25.7 Å². The molecule has 1 heterocycles. The predicted octanol–water partition coefficient (Wildman–Crippen LogP) is 0.390. The average Bonchev–Trinajstić information content (AvgIpc) is 2.45. The van der Waals surface area contributed by atoms with E-state index in [1.165, 1.54) is 0 Å². The molecule has 0 saturated carbocycles. The number of hydrogen-bond acceptors (Lipinski definition) is 5. The van der Waals surface area contributed by atoms with Crippen molar-refractivity contribution < 1.29 is 18.4 Å². The van der Waals surface area contributed by atoms with Gasteiger partial charge in [-0.15, -0.1) is 0 Å². The molecule has 0 aromatic heterocycles. The number of oxime groups is 1. The largest absolute Gasteiger partial charge is 0.409 e. The number of nitrogens with two attached hydrogens (primary N) is 1. The lowest BCUT2D eigenvalue weighted by atomic mass is 9.93. The van der Waals surface area contributed by atoms with Gasteiger partial charge in [0.25, 0.3) is 0 Å². The van der Waals surface area contributed by atoms with Crippen LogP contribution >= 0.6 is 0 Å². The van der Waals surface area contributed by atoms with Crippen molar-refractivity contribution in [3.63, 3.8) is 0 Å². The van der Waals surface area contributed by atoms with Crippen molar-refractivity contribution in [2.75, 3.05) is 13.2 Å². The number of ether oxygens (including phenoxy) is 1. The SMILES string of the molecule is CCC(CC)(NS(=O)(=O)C1CCOCC1)C(N)=NO. The number of amidine groups is 1. The van der Waals surface area contributed by atoms with Crippen LogP contribution < -0.4 is 10.5 Å². The van der Waals surface area contributed by atoms with E-state index < -0.39 is 20.8 Å². The van der Waals surface area contributed by atoms with E-state index in [4.69, 9.17) is 15.7 Å². The minimum atomic E-state index is -3.52. The number of nitrogens with one attached hydrogen (secondary N) is 1. The van der Waals surface area contributed by atoms with Crippen molar-refractivity contribution in [2.45, 2.75) is 50.3 Å². The molecule has 112 valence electrons.